The molecule has 104 valence electrons. The molecule has 7 N–H and O–H groups in total. The summed E-state index contributed by atoms with van der Waals surface area (Å²) in [5.74, 6) is 3.33. The van der Waals surface area contributed by atoms with E-state index < -0.39 is 17.7 Å². The summed E-state index contributed by atoms with van der Waals surface area (Å²) in [6, 6.07) is 1.33. The number of nitrogen functional groups attached to an aromatic ring is 1. The van der Waals surface area contributed by atoms with E-state index in [-0.39, 0.29) is 31.1 Å². The molecule has 0 aliphatic rings. The van der Waals surface area contributed by atoms with Crippen LogP contribution in [0.5, 0.6) is 0 Å². The Morgan fingerprint density at radius 2 is 1.84 bits per heavy atom. The van der Waals surface area contributed by atoms with Gasteiger partial charge in [0.15, 0.2) is 11.5 Å². The number of carbonyl (C=O) groups is 3. The molecule has 0 bridgehead atoms. The maximum atomic E-state index is 11.1. The summed E-state index contributed by atoms with van der Waals surface area (Å²) in [6.07, 6.45) is 0. The predicted molar refractivity (Wildman–Crippen MR) is 61.8 cm³/mol. The summed E-state index contributed by atoms with van der Waals surface area (Å²) >= 11 is 0. The maximum absolute atomic E-state index is 11.1. The lowest BCUT2D eigenvalue weighted by atomic mass is 10.3. The lowest BCUT2D eigenvalue weighted by Crippen LogP contribution is -2.39. The Morgan fingerprint density at radius 1 is 1.26 bits per heavy atom. The fraction of sp³-hybridized carbons (Fsp3) is 0.333. The zero-order chi connectivity index (χ0) is 14.4. The van der Waals surface area contributed by atoms with Crippen molar-refractivity contribution in [2.24, 2.45) is 17.3 Å². The average Bonchev–Trinajstić information content (AvgIpc) is 2.74. The number of nitrogens with two attached hydrogens (primary N) is 3. The molecule has 0 radical (unpaired) electrons. The van der Waals surface area contributed by atoms with E-state index in [1.54, 1.807) is 0 Å². The number of nitrogens with zero attached hydrogens (tertiary/aromatic N) is 2. The summed E-state index contributed by atoms with van der Waals surface area (Å²) in [5.41, 5.74) is 11.9. The quantitative estimate of drug-likeness (QED) is 0.233. The first kappa shape index (κ1) is 14.6. The van der Waals surface area contributed by atoms with Gasteiger partial charge in [-0.05, 0) is 0 Å². The molecule has 10 nitrogen and oxygen atoms in total. The highest BCUT2D eigenvalue weighted by molar-refractivity contribution is 5.91. The zero-order valence-corrected chi connectivity index (χ0v) is 9.96. The molecule has 0 aliphatic carbocycles. The number of rotatable bonds is 7. The van der Waals surface area contributed by atoms with Crippen molar-refractivity contribution in [3.63, 3.8) is 0 Å². The molecule has 1 rings (SSSR count). The minimum Gasteiger partial charge on any atom is -0.369 e. The molecule has 0 aromatic carbocycles. The van der Waals surface area contributed by atoms with Crippen LogP contribution in [0.2, 0.25) is 0 Å². The third-order valence-electron chi connectivity index (χ3n) is 2.06. The Kier molecular flexibility index (Phi) is 4.97. The van der Waals surface area contributed by atoms with Gasteiger partial charge in [0.2, 0.25) is 11.8 Å². The molecule has 0 unspecified atom stereocenters. The molecule has 3 amide bonds. The molecule has 10 heteroatoms. The van der Waals surface area contributed by atoms with Crippen molar-refractivity contribution in [1.29, 1.82) is 0 Å². The molecular formula is C9H14N6O4. The van der Waals surface area contributed by atoms with Crippen LogP contribution >= 0.6 is 0 Å². The fourth-order valence-corrected chi connectivity index (χ4v) is 1.40. The van der Waals surface area contributed by atoms with E-state index in [0.29, 0.717) is 0 Å². The Balaban J connectivity index is 2.72. The molecule has 19 heavy (non-hydrogen) atoms. The summed E-state index contributed by atoms with van der Waals surface area (Å²) in [6.45, 7) is -0.305. The third-order valence-corrected chi connectivity index (χ3v) is 2.06. The molecule has 0 spiro atoms. The third kappa shape index (κ3) is 4.73. The topological polar surface area (TPSA) is 171 Å². The molecule has 0 atom stereocenters. The maximum Gasteiger partial charge on any atom is 0.287 e. The van der Waals surface area contributed by atoms with E-state index in [1.807, 2.05) is 5.43 Å². The van der Waals surface area contributed by atoms with E-state index in [0.717, 1.165) is 0 Å². The highest BCUT2D eigenvalue weighted by Crippen LogP contribution is 2.07. The van der Waals surface area contributed by atoms with Gasteiger partial charge in [-0.2, -0.15) is 0 Å². The lowest BCUT2D eigenvalue weighted by Gasteiger charge is -2.16. The first-order valence-electron chi connectivity index (χ1n) is 5.18. The normalized spacial score (nSPS) is 10.4. The standard InChI is InChI=1S/C9H14N6O4/c10-7(16)3-15(4-8(11)17)2-5-1-6(14-19-5)9(18)13-12/h1H,2-4,12H2,(H2,10,16)(H2,11,17)(H,13,18). The molecule has 1 heterocycles. The SMILES string of the molecule is NNC(=O)c1cc(CN(CC(N)=O)CC(N)=O)on1. The van der Waals surface area contributed by atoms with E-state index in [1.165, 1.54) is 11.0 Å². The Bertz CT molecular complexity index is 469. The van der Waals surface area contributed by atoms with Crippen molar-refractivity contribution in [2.45, 2.75) is 6.54 Å². The molecule has 0 fully saturated rings. The zero-order valence-electron chi connectivity index (χ0n) is 9.96. The van der Waals surface area contributed by atoms with Crippen LogP contribution < -0.4 is 22.7 Å². The number of primary amides is 2. The van der Waals surface area contributed by atoms with Crippen LogP contribution in [-0.4, -0.2) is 40.9 Å². The van der Waals surface area contributed by atoms with Crippen LogP contribution in [0.4, 0.5) is 0 Å². The highest BCUT2D eigenvalue weighted by Gasteiger charge is 2.16. The van der Waals surface area contributed by atoms with Crippen LogP contribution in [0.1, 0.15) is 16.2 Å². The van der Waals surface area contributed by atoms with Crippen molar-refractivity contribution in [2.75, 3.05) is 13.1 Å². The molecule has 0 saturated carbocycles. The molecule has 1 aromatic heterocycles. The Hall–Kier alpha value is -2.46. The van der Waals surface area contributed by atoms with Crippen LogP contribution in [0.3, 0.4) is 0 Å². The van der Waals surface area contributed by atoms with Gasteiger partial charge in [0.25, 0.3) is 5.91 Å². The number of carbonyl (C=O) groups excluding carboxylic acids is 3. The fourth-order valence-electron chi connectivity index (χ4n) is 1.40. The van der Waals surface area contributed by atoms with Crippen molar-refractivity contribution >= 4 is 17.7 Å². The molecule has 0 aliphatic heterocycles. The van der Waals surface area contributed by atoms with Crippen LogP contribution in [-0.2, 0) is 16.1 Å². The largest absolute Gasteiger partial charge is 0.369 e. The van der Waals surface area contributed by atoms with E-state index in [4.69, 9.17) is 21.8 Å². The summed E-state index contributed by atoms with van der Waals surface area (Å²) in [7, 11) is 0. The van der Waals surface area contributed by atoms with Crippen LogP contribution in [0.25, 0.3) is 0 Å². The number of nitrogens with one attached hydrogen (secondary N) is 1. The second-order valence-corrected chi connectivity index (χ2v) is 3.73. The van der Waals surface area contributed by atoms with E-state index >= 15 is 0 Å². The van der Waals surface area contributed by atoms with Gasteiger partial charge >= 0.3 is 0 Å². The minimum atomic E-state index is -0.624. The number of hydrogen-bond acceptors (Lipinski definition) is 7. The molecule has 0 saturated heterocycles. The van der Waals surface area contributed by atoms with Crippen molar-refractivity contribution in [3.05, 3.63) is 17.5 Å². The second-order valence-electron chi connectivity index (χ2n) is 3.73. The van der Waals surface area contributed by atoms with Gasteiger partial charge in [-0.25, -0.2) is 5.84 Å². The number of hydrazine groups is 1. The van der Waals surface area contributed by atoms with Gasteiger partial charge < -0.3 is 16.0 Å². The van der Waals surface area contributed by atoms with Crippen molar-refractivity contribution in [3.8, 4) is 0 Å². The van der Waals surface area contributed by atoms with E-state index in [2.05, 4.69) is 5.16 Å². The summed E-state index contributed by atoms with van der Waals surface area (Å²) in [5, 5.41) is 3.47. The second kappa shape index (κ2) is 6.47. The first-order valence-corrected chi connectivity index (χ1v) is 5.18. The van der Waals surface area contributed by atoms with Gasteiger partial charge in [-0.1, -0.05) is 5.16 Å². The lowest BCUT2D eigenvalue weighted by molar-refractivity contribution is -0.122. The average molecular weight is 270 g/mol. The Labute approximate surface area is 107 Å². The van der Waals surface area contributed by atoms with Gasteiger partial charge in [0.05, 0.1) is 19.6 Å². The van der Waals surface area contributed by atoms with Crippen LogP contribution in [0.15, 0.2) is 10.6 Å². The smallest absolute Gasteiger partial charge is 0.287 e. The molecule has 1 aromatic rings. The molecular weight excluding hydrogens is 256 g/mol. The summed E-state index contributed by atoms with van der Waals surface area (Å²) < 4.78 is 4.87. The van der Waals surface area contributed by atoms with Crippen LogP contribution in [0, 0.1) is 0 Å². The monoisotopic (exact) mass is 270 g/mol. The van der Waals surface area contributed by atoms with Gasteiger partial charge in [-0.15, -0.1) is 0 Å². The Morgan fingerprint density at radius 3 is 2.32 bits per heavy atom. The number of hydrogen-bond donors (Lipinski definition) is 4. The van der Waals surface area contributed by atoms with Gasteiger partial charge in [-0.3, -0.25) is 24.7 Å². The van der Waals surface area contributed by atoms with Gasteiger partial charge in [0.1, 0.15) is 0 Å². The van der Waals surface area contributed by atoms with Crippen molar-refractivity contribution < 1.29 is 18.9 Å². The first-order chi connectivity index (χ1) is 8.92. The number of amides is 3. The highest BCUT2D eigenvalue weighted by atomic mass is 16.5. The summed E-state index contributed by atoms with van der Waals surface area (Å²) in [4.78, 5) is 34.2. The predicted octanol–water partition coefficient (Wildman–Crippen LogP) is -2.95. The van der Waals surface area contributed by atoms with E-state index in [9.17, 15) is 14.4 Å². The van der Waals surface area contributed by atoms with Gasteiger partial charge in [0, 0.05) is 6.07 Å². The van der Waals surface area contributed by atoms with Crippen molar-refractivity contribution in [1.82, 2.24) is 15.5 Å². The number of aromatic nitrogens is 1. The minimum absolute atomic E-state index is 0.0180.